The molecule has 2 fully saturated rings. The summed E-state index contributed by atoms with van der Waals surface area (Å²) in [5.74, 6) is -1.19. The number of carbonyl (C=O) groups excluding carboxylic acids is 3. The minimum atomic E-state index is -4.56. The molecular weight excluding hydrogens is 437 g/mol. The number of nitrogens with one attached hydrogen (secondary N) is 2. The highest BCUT2D eigenvalue weighted by Crippen LogP contribution is 2.36. The van der Waals surface area contributed by atoms with Crippen molar-refractivity contribution in [2.45, 2.75) is 70.5 Å². The maximum Gasteiger partial charge on any atom is 0.416 e. The average Bonchev–Trinajstić information content (AvgIpc) is 2.98. The van der Waals surface area contributed by atoms with Crippen LogP contribution in [0.15, 0.2) is 18.2 Å². The number of piperidine rings is 1. The van der Waals surface area contributed by atoms with Gasteiger partial charge in [-0.1, -0.05) is 26.7 Å². The van der Waals surface area contributed by atoms with Crippen molar-refractivity contribution in [2.75, 3.05) is 29.9 Å². The SMILES string of the molecule is CCCC1(CCC)NC(=O)N(CC(=O)Nc2cc(C(F)(F)F)ccc2N2CCCCC2)C1=O. The van der Waals surface area contributed by atoms with Crippen LogP contribution in [-0.2, 0) is 15.8 Å². The first kappa shape index (κ1) is 24.9. The Morgan fingerprint density at radius 2 is 1.73 bits per heavy atom. The van der Waals surface area contributed by atoms with E-state index in [0.29, 0.717) is 44.5 Å². The maximum absolute atomic E-state index is 13.3. The molecule has 1 aromatic rings. The molecule has 0 saturated carbocycles. The zero-order valence-electron chi connectivity index (χ0n) is 19.1. The molecule has 33 heavy (non-hydrogen) atoms. The number of urea groups is 1. The van der Waals surface area contributed by atoms with E-state index < -0.39 is 41.7 Å². The Balaban J connectivity index is 1.81. The van der Waals surface area contributed by atoms with Gasteiger partial charge in [-0.25, -0.2) is 4.79 Å². The number of amides is 4. The van der Waals surface area contributed by atoms with Crippen LogP contribution in [0.1, 0.15) is 64.4 Å². The number of alkyl halides is 3. The fraction of sp³-hybridized carbons (Fsp3) is 0.609. The summed E-state index contributed by atoms with van der Waals surface area (Å²) in [4.78, 5) is 41.1. The van der Waals surface area contributed by atoms with Gasteiger partial charge in [0, 0.05) is 13.1 Å². The van der Waals surface area contributed by atoms with Crippen LogP contribution in [0.2, 0.25) is 0 Å². The van der Waals surface area contributed by atoms with Gasteiger partial charge in [0.25, 0.3) is 5.91 Å². The summed E-state index contributed by atoms with van der Waals surface area (Å²) in [6.07, 6.45) is 0.562. The molecule has 3 rings (SSSR count). The van der Waals surface area contributed by atoms with Crippen LogP contribution in [-0.4, -0.2) is 47.9 Å². The standard InChI is InChI=1S/C23H31F3N4O3/c1-3-10-22(11-4-2)20(32)30(21(33)28-22)15-19(31)27-17-14-16(23(24,25)26)8-9-18(17)29-12-6-5-7-13-29/h8-9,14H,3-7,10-13,15H2,1-2H3,(H,27,31)(H,28,33). The summed E-state index contributed by atoms with van der Waals surface area (Å²) >= 11 is 0. The second-order valence-corrected chi connectivity index (χ2v) is 8.73. The van der Waals surface area contributed by atoms with Gasteiger partial charge in [-0.15, -0.1) is 0 Å². The maximum atomic E-state index is 13.3. The topological polar surface area (TPSA) is 81.8 Å². The molecule has 0 aromatic heterocycles. The highest BCUT2D eigenvalue weighted by Gasteiger charge is 2.50. The van der Waals surface area contributed by atoms with Crippen LogP contribution in [0.5, 0.6) is 0 Å². The van der Waals surface area contributed by atoms with Crippen LogP contribution < -0.4 is 15.5 Å². The number of halogens is 3. The van der Waals surface area contributed by atoms with E-state index in [1.54, 1.807) is 0 Å². The van der Waals surface area contributed by atoms with Crippen molar-refractivity contribution in [3.8, 4) is 0 Å². The van der Waals surface area contributed by atoms with E-state index in [1.807, 2.05) is 18.7 Å². The minimum Gasteiger partial charge on any atom is -0.370 e. The van der Waals surface area contributed by atoms with Crippen LogP contribution in [0.4, 0.5) is 29.3 Å². The molecule has 2 saturated heterocycles. The summed E-state index contributed by atoms with van der Waals surface area (Å²) in [6.45, 7) is 4.61. The number of rotatable bonds is 8. The van der Waals surface area contributed by atoms with Crippen molar-refractivity contribution in [3.63, 3.8) is 0 Å². The number of hydrogen-bond acceptors (Lipinski definition) is 4. The molecule has 2 heterocycles. The Kier molecular flexibility index (Phi) is 7.54. The molecule has 2 aliphatic heterocycles. The Morgan fingerprint density at radius 3 is 2.30 bits per heavy atom. The summed E-state index contributed by atoms with van der Waals surface area (Å²) in [7, 11) is 0. The lowest BCUT2D eigenvalue weighted by Gasteiger charge is -2.31. The Morgan fingerprint density at radius 1 is 1.09 bits per heavy atom. The number of benzene rings is 1. The monoisotopic (exact) mass is 468 g/mol. The van der Waals surface area contributed by atoms with E-state index >= 15 is 0 Å². The van der Waals surface area contributed by atoms with Crippen LogP contribution in [0.25, 0.3) is 0 Å². The van der Waals surface area contributed by atoms with Gasteiger partial charge in [0.05, 0.1) is 16.9 Å². The van der Waals surface area contributed by atoms with E-state index in [1.165, 1.54) is 6.07 Å². The first-order valence-corrected chi connectivity index (χ1v) is 11.5. The van der Waals surface area contributed by atoms with Crippen molar-refractivity contribution in [1.29, 1.82) is 0 Å². The third-order valence-electron chi connectivity index (χ3n) is 6.20. The van der Waals surface area contributed by atoms with Crippen LogP contribution >= 0.6 is 0 Å². The average molecular weight is 469 g/mol. The fourth-order valence-corrected chi connectivity index (χ4v) is 4.69. The van der Waals surface area contributed by atoms with E-state index in [0.717, 1.165) is 36.3 Å². The normalized spacial score (nSPS) is 18.5. The molecule has 1 aromatic carbocycles. The molecule has 2 aliphatic rings. The Labute approximate surface area is 191 Å². The van der Waals surface area contributed by atoms with Crippen LogP contribution in [0.3, 0.4) is 0 Å². The smallest absolute Gasteiger partial charge is 0.370 e. The second kappa shape index (κ2) is 10.0. The van der Waals surface area contributed by atoms with Gasteiger partial charge in [-0.3, -0.25) is 14.5 Å². The largest absolute Gasteiger partial charge is 0.416 e. The van der Waals surface area contributed by atoms with Gasteiger partial charge in [-0.2, -0.15) is 13.2 Å². The first-order chi connectivity index (χ1) is 15.6. The minimum absolute atomic E-state index is 0.0251. The lowest BCUT2D eigenvalue weighted by molar-refractivity contribution is -0.137. The summed E-state index contributed by atoms with van der Waals surface area (Å²) in [5.41, 5.74) is -1.38. The van der Waals surface area contributed by atoms with Gasteiger partial charge >= 0.3 is 12.2 Å². The lowest BCUT2D eigenvalue weighted by Crippen LogP contribution is -2.47. The number of hydrogen-bond donors (Lipinski definition) is 2. The zero-order valence-corrected chi connectivity index (χ0v) is 19.1. The van der Waals surface area contributed by atoms with Gasteiger partial charge in [0.2, 0.25) is 5.91 Å². The molecular formula is C23H31F3N4O3. The molecule has 10 heteroatoms. The van der Waals surface area contributed by atoms with Crippen molar-refractivity contribution in [3.05, 3.63) is 23.8 Å². The third kappa shape index (κ3) is 5.42. The molecule has 0 bridgehead atoms. The quantitative estimate of drug-likeness (QED) is 0.550. The van der Waals surface area contributed by atoms with Crippen molar-refractivity contribution < 1.29 is 27.6 Å². The summed E-state index contributed by atoms with van der Waals surface area (Å²) in [5, 5.41) is 5.26. The lowest BCUT2D eigenvalue weighted by atomic mass is 9.88. The molecule has 0 unspecified atom stereocenters. The molecule has 0 atom stereocenters. The Hall–Kier alpha value is -2.78. The predicted molar refractivity (Wildman–Crippen MR) is 119 cm³/mol. The number of imide groups is 1. The van der Waals surface area contributed by atoms with Gasteiger partial charge in [-0.05, 0) is 50.3 Å². The van der Waals surface area contributed by atoms with Gasteiger partial charge in [0.15, 0.2) is 0 Å². The number of nitrogens with zero attached hydrogens (tertiary/aromatic N) is 2. The molecule has 0 spiro atoms. The summed E-state index contributed by atoms with van der Waals surface area (Å²) < 4.78 is 39.9. The molecule has 182 valence electrons. The number of carbonyl (C=O) groups is 3. The highest BCUT2D eigenvalue weighted by atomic mass is 19.4. The molecule has 7 nitrogen and oxygen atoms in total. The van der Waals surface area contributed by atoms with Crippen molar-refractivity contribution in [2.24, 2.45) is 0 Å². The van der Waals surface area contributed by atoms with Gasteiger partial charge in [0.1, 0.15) is 12.1 Å². The molecule has 2 N–H and O–H groups in total. The van der Waals surface area contributed by atoms with Crippen LogP contribution in [0, 0.1) is 0 Å². The van der Waals surface area contributed by atoms with E-state index in [9.17, 15) is 27.6 Å². The zero-order chi connectivity index (χ0) is 24.2. The fourth-order valence-electron chi connectivity index (χ4n) is 4.69. The Bertz CT molecular complexity index is 891. The van der Waals surface area contributed by atoms with E-state index in [2.05, 4.69) is 10.6 Å². The first-order valence-electron chi connectivity index (χ1n) is 11.5. The number of anilines is 2. The molecule has 0 radical (unpaired) electrons. The third-order valence-corrected chi connectivity index (χ3v) is 6.20. The van der Waals surface area contributed by atoms with Crippen molar-refractivity contribution in [1.82, 2.24) is 10.2 Å². The van der Waals surface area contributed by atoms with Crippen molar-refractivity contribution >= 4 is 29.2 Å². The molecule has 4 amide bonds. The highest BCUT2D eigenvalue weighted by molar-refractivity contribution is 6.10. The second-order valence-electron chi connectivity index (χ2n) is 8.73. The molecule has 0 aliphatic carbocycles. The summed E-state index contributed by atoms with van der Waals surface area (Å²) in [6, 6.07) is 2.62. The predicted octanol–water partition coefficient (Wildman–Crippen LogP) is 4.53. The van der Waals surface area contributed by atoms with E-state index in [-0.39, 0.29) is 5.69 Å². The van der Waals surface area contributed by atoms with Gasteiger partial charge < -0.3 is 15.5 Å². The van der Waals surface area contributed by atoms with E-state index in [4.69, 9.17) is 0 Å².